The Balaban J connectivity index is 2.18. The van der Waals surface area contributed by atoms with Gasteiger partial charge in [-0.05, 0) is 25.5 Å². The summed E-state index contributed by atoms with van der Waals surface area (Å²) in [6, 6.07) is 2.14. The Morgan fingerprint density at radius 2 is 2.29 bits per heavy atom. The molecule has 2 aromatic heterocycles. The minimum absolute atomic E-state index is 0.709. The van der Waals surface area contributed by atoms with E-state index in [1.54, 1.807) is 0 Å². The molecule has 0 amide bonds. The van der Waals surface area contributed by atoms with Crippen LogP contribution in [0.25, 0.3) is 11.0 Å². The van der Waals surface area contributed by atoms with E-state index >= 15 is 0 Å². The summed E-state index contributed by atoms with van der Waals surface area (Å²) in [4.78, 5) is 4.42. The molecular weight excluding hydrogens is 212 g/mol. The summed E-state index contributed by atoms with van der Waals surface area (Å²) < 4.78 is 1.81. The number of pyridine rings is 1. The maximum absolute atomic E-state index is 4.42. The minimum atomic E-state index is 0.709. The Hall–Kier alpha value is -1.86. The van der Waals surface area contributed by atoms with Crippen LogP contribution in [0, 0.1) is 18.8 Å². The molecular formula is C13H16N4. The lowest BCUT2D eigenvalue weighted by molar-refractivity contribution is 0.762. The quantitative estimate of drug-likeness (QED) is 0.637. The van der Waals surface area contributed by atoms with E-state index < -0.39 is 0 Å². The second-order valence-electron chi connectivity index (χ2n) is 3.95. The summed E-state index contributed by atoms with van der Waals surface area (Å²) >= 11 is 0. The monoisotopic (exact) mass is 228 g/mol. The first-order chi connectivity index (χ1) is 8.22. The Labute approximate surface area is 101 Å². The number of nitrogens with zero attached hydrogens (tertiary/aromatic N) is 3. The standard InChI is InChI=1S/C13H16N4/c1-4-5-6-14-8-11-7-12-10(2)16-17(3)13(12)15-9-11/h7,9,14H,6,8H2,1-3H3. The van der Waals surface area contributed by atoms with Gasteiger partial charge in [0.05, 0.1) is 12.2 Å². The summed E-state index contributed by atoms with van der Waals surface area (Å²) in [5.74, 6) is 5.83. The first-order valence-corrected chi connectivity index (χ1v) is 5.61. The van der Waals surface area contributed by atoms with Gasteiger partial charge in [0.2, 0.25) is 0 Å². The van der Waals surface area contributed by atoms with Crippen molar-refractivity contribution in [3.8, 4) is 11.8 Å². The van der Waals surface area contributed by atoms with Gasteiger partial charge in [0.15, 0.2) is 5.65 Å². The van der Waals surface area contributed by atoms with Gasteiger partial charge in [0.1, 0.15) is 0 Å². The first kappa shape index (κ1) is 11.6. The van der Waals surface area contributed by atoms with Crippen molar-refractivity contribution in [3.63, 3.8) is 0 Å². The van der Waals surface area contributed by atoms with E-state index in [0.29, 0.717) is 6.54 Å². The average molecular weight is 228 g/mol. The van der Waals surface area contributed by atoms with Gasteiger partial charge in [-0.25, -0.2) is 4.98 Å². The zero-order chi connectivity index (χ0) is 12.3. The van der Waals surface area contributed by atoms with Gasteiger partial charge in [-0.3, -0.25) is 4.68 Å². The SMILES string of the molecule is CC#CCNCc1cnc2c(c1)c(C)nn2C. The maximum atomic E-state index is 4.42. The predicted octanol–water partition coefficient (Wildman–Crippen LogP) is 1.39. The predicted molar refractivity (Wildman–Crippen MR) is 68.4 cm³/mol. The smallest absolute Gasteiger partial charge is 0.157 e. The van der Waals surface area contributed by atoms with E-state index in [4.69, 9.17) is 0 Å². The molecule has 2 rings (SSSR count). The number of hydrogen-bond donors (Lipinski definition) is 1. The highest BCUT2D eigenvalue weighted by atomic mass is 15.3. The highest BCUT2D eigenvalue weighted by molar-refractivity contribution is 5.78. The number of aryl methyl sites for hydroxylation is 2. The van der Waals surface area contributed by atoms with E-state index in [1.165, 1.54) is 0 Å². The molecule has 88 valence electrons. The van der Waals surface area contributed by atoms with E-state index in [-0.39, 0.29) is 0 Å². The lowest BCUT2D eigenvalue weighted by Gasteiger charge is -2.01. The second-order valence-corrected chi connectivity index (χ2v) is 3.95. The normalized spacial score (nSPS) is 10.3. The molecule has 0 aliphatic carbocycles. The number of fused-ring (bicyclic) bond motifs is 1. The fraction of sp³-hybridized carbons (Fsp3) is 0.385. The third-order valence-electron chi connectivity index (χ3n) is 2.64. The van der Waals surface area contributed by atoms with Crippen LogP contribution in [-0.2, 0) is 13.6 Å². The fourth-order valence-electron chi connectivity index (χ4n) is 1.81. The lowest BCUT2D eigenvalue weighted by atomic mass is 10.2. The van der Waals surface area contributed by atoms with Crippen LogP contribution in [0.1, 0.15) is 18.2 Å². The van der Waals surface area contributed by atoms with Gasteiger partial charge < -0.3 is 5.32 Å². The average Bonchev–Trinajstić information content (AvgIpc) is 2.61. The van der Waals surface area contributed by atoms with Crippen LogP contribution in [-0.4, -0.2) is 21.3 Å². The number of rotatable bonds is 3. The highest BCUT2D eigenvalue weighted by Crippen LogP contribution is 2.16. The van der Waals surface area contributed by atoms with E-state index in [0.717, 1.165) is 28.8 Å². The van der Waals surface area contributed by atoms with Crippen LogP contribution >= 0.6 is 0 Å². The molecule has 0 aliphatic rings. The van der Waals surface area contributed by atoms with Crippen LogP contribution in [0.15, 0.2) is 12.3 Å². The molecule has 17 heavy (non-hydrogen) atoms. The lowest BCUT2D eigenvalue weighted by Crippen LogP contribution is -2.13. The summed E-state index contributed by atoms with van der Waals surface area (Å²) in [6.45, 7) is 5.34. The van der Waals surface area contributed by atoms with Crippen molar-refractivity contribution in [2.75, 3.05) is 6.54 Å². The Kier molecular flexibility index (Phi) is 3.40. The van der Waals surface area contributed by atoms with Gasteiger partial charge in [-0.1, -0.05) is 5.92 Å². The van der Waals surface area contributed by atoms with Crippen molar-refractivity contribution < 1.29 is 0 Å². The maximum Gasteiger partial charge on any atom is 0.157 e. The van der Waals surface area contributed by atoms with Crippen LogP contribution in [0.5, 0.6) is 0 Å². The van der Waals surface area contributed by atoms with Crippen molar-refractivity contribution in [2.45, 2.75) is 20.4 Å². The number of aromatic nitrogens is 3. The van der Waals surface area contributed by atoms with Gasteiger partial charge >= 0.3 is 0 Å². The molecule has 0 bridgehead atoms. The Bertz CT molecular complexity index is 586. The zero-order valence-corrected chi connectivity index (χ0v) is 10.4. The summed E-state index contributed by atoms with van der Waals surface area (Å²) in [6.07, 6.45) is 1.88. The molecule has 2 aromatic rings. The third kappa shape index (κ3) is 2.45. The largest absolute Gasteiger partial charge is 0.302 e. The van der Waals surface area contributed by atoms with Crippen LogP contribution in [0.2, 0.25) is 0 Å². The van der Waals surface area contributed by atoms with Crippen molar-refractivity contribution in [3.05, 3.63) is 23.5 Å². The van der Waals surface area contributed by atoms with Crippen LogP contribution < -0.4 is 5.32 Å². The molecule has 0 atom stereocenters. The van der Waals surface area contributed by atoms with Gasteiger partial charge in [-0.2, -0.15) is 5.10 Å². The molecule has 0 radical (unpaired) electrons. The molecule has 0 saturated carbocycles. The molecule has 0 fully saturated rings. The van der Waals surface area contributed by atoms with Crippen LogP contribution in [0.3, 0.4) is 0 Å². The molecule has 0 unspecified atom stereocenters. The Morgan fingerprint density at radius 3 is 3.06 bits per heavy atom. The first-order valence-electron chi connectivity index (χ1n) is 5.61. The molecule has 4 heteroatoms. The molecule has 0 saturated heterocycles. The zero-order valence-electron chi connectivity index (χ0n) is 10.4. The second kappa shape index (κ2) is 4.98. The summed E-state index contributed by atoms with van der Waals surface area (Å²) in [5.41, 5.74) is 3.11. The van der Waals surface area contributed by atoms with Gasteiger partial charge in [0, 0.05) is 25.2 Å². The van der Waals surface area contributed by atoms with Gasteiger partial charge in [0.25, 0.3) is 0 Å². The topological polar surface area (TPSA) is 42.7 Å². The molecule has 0 aromatic carbocycles. The van der Waals surface area contributed by atoms with Gasteiger partial charge in [-0.15, -0.1) is 5.92 Å². The Morgan fingerprint density at radius 1 is 1.47 bits per heavy atom. The fourth-order valence-corrected chi connectivity index (χ4v) is 1.81. The van der Waals surface area contributed by atoms with E-state index in [2.05, 4.69) is 33.3 Å². The molecule has 2 heterocycles. The number of hydrogen-bond acceptors (Lipinski definition) is 3. The van der Waals surface area contributed by atoms with Crippen molar-refractivity contribution in [1.82, 2.24) is 20.1 Å². The van der Waals surface area contributed by atoms with Crippen molar-refractivity contribution >= 4 is 11.0 Å². The van der Waals surface area contributed by atoms with Crippen LogP contribution in [0.4, 0.5) is 0 Å². The summed E-state index contributed by atoms with van der Waals surface area (Å²) in [7, 11) is 1.91. The molecule has 4 nitrogen and oxygen atoms in total. The van der Waals surface area contributed by atoms with E-state index in [9.17, 15) is 0 Å². The molecule has 0 aliphatic heterocycles. The molecule has 0 spiro atoms. The van der Waals surface area contributed by atoms with Crippen molar-refractivity contribution in [1.29, 1.82) is 0 Å². The molecule has 1 N–H and O–H groups in total. The third-order valence-corrected chi connectivity index (χ3v) is 2.64. The summed E-state index contributed by atoms with van der Waals surface area (Å²) in [5, 5.41) is 8.72. The van der Waals surface area contributed by atoms with E-state index in [1.807, 2.05) is 31.8 Å². The number of nitrogens with one attached hydrogen (secondary N) is 1. The van der Waals surface area contributed by atoms with Crippen molar-refractivity contribution in [2.24, 2.45) is 7.05 Å². The highest BCUT2D eigenvalue weighted by Gasteiger charge is 2.06. The minimum Gasteiger partial charge on any atom is -0.302 e.